The zero-order valence-corrected chi connectivity index (χ0v) is 22.6. The van der Waals surface area contributed by atoms with Crippen molar-refractivity contribution in [2.75, 3.05) is 13.2 Å². The van der Waals surface area contributed by atoms with E-state index in [9.17, 15) is 9.59 Å². The first-order chi connectivity index (χ1) is 17.0. The van der Waals surface area contributed by atoms with E-state index in [0.29, 0.717) is 25.1 Å². The second-order valence-corrected chi connectivity index (χ2v) is 11.0. The largest absolute Gasteiger partial charge is 0.456 e. The van der Waals surface area contributed by atoms with Crippen molar-refractivity contribution < 1.29 is 38.0 Å². The maximum Gasteiger partial charge on any atom is 0.306 e. The summed E-state index contributed by atoms with van der Waals surface area (Å²) in [6.45, 7) is 13.8. The fourth-order valence-electron chi connectivity index (χ4n) is 4.83. The van der Waals surface area contributed by atoms with Gasteiger partial charge in [0.25, 0.3) is 0 Å². The first-order valence-corrected chi connectivity index (χ1v) is 13.4. The van der Waals surface area contributed by atoms with E-state index >= 15 is 0 Å². The van der Waals surface area contributed by atoms with Gasteiger partial charge in [-0.05, 0) is 47.5 Å². The minimum atomic E-state index is -0.796. The lowest BCUT2D eigenvalue weighted by Crippen LogP contribution is -2.45. The van der Waals surface area contributed by atoms with E-state index in [0.717, 1.165) is 51.4 Å². The molecule has 1 N–H and O–H groups in total. The zero-order valence-electron chi connectivity index (χ0n) is 22.6. The van der Waals surface area contributed by atoms with Crippen molar-refractivity contribution in [1.82, 2.24) is 5.32 Å². The minimum Gasteiger partial charge on any atom is -0.456 e. The van der Waals surface area contributed by atoms with Gasteiger partial charge in [0.1, 0.15) is 12.2 Å². The number of hydrogen-bond acceptors (Lipinski definition) is 8. The molecule has 206 valence electrons. The standard InChI is InChI=1S/C27H45NO8/c1-18(2)24(30)28-16-14-12-10-8-7-9-11-13-15-20(29)32-22-21(19-17-31-26(3,4)34-19)33-25-23(22)35-27(5,6)36-25/h19,21-23,25H,1,7-17H2,2-6H3,(H,28,30)/t19-,21-,22+,23-,25-/m1/s1. The topological polar surface area (TPSA) is 102 Å². The van der Waals surface area contributed by atoms with Gasteiger partial charge >= 0.3 is 5.97 Å². The molecule has 9 heteroatoms. The van der Waals surface area contributed by atoms with Gasteiger partial charge in [-0.15, -0.1) is 0 Å². The van der Waals surface area contributed by atoms with Gasteiger partial charge in [-0.3, -0.25) is 9.59 Å². The summed E-state index contributed by atoms with van der Waals surface area (Å²) in [6.07, 6.45) is 6.22. The maximum atomic E-state index is 12.7. The quantitative estimate of drug-likeness (QED) is 0.211. The highest BCUT2D eigenvalue weighted by Gasteiger charge is 2.59. The lowest BCUT2D eigenvalue weighted by atomic mass is 10.1. The number of ether oxygens (including phenoxy) is 6. The van der Waals surface area contributed by atoms with Crippen LogP contribution in [0, 0.1) is 0 Å². The molecule has 0 unspecified atom stereocenters. The number of amides is 1. The van der Waals surface area contributed by atoms with Gasteiger partial charge in [-0.1, -0.05) is 45.1 Å². The van der Waals surface area contributed by atoms with E-state index in [-0.39, 0.29) is 18.0 Å². The molecule has 3 aliphatic heterocycles. The SMILES string of the molecule is C=C(C)C(=O)NCCCCCCCCCCC(=O)O[C@@H]1[C@H]2OC(C)(C)O[C@H]2O[C@@H]1[C@H]1COC(C)(C)O1. The van der Waals surface area contributed by atoms with Crippen LogP contribution in [0.25, 0.3) is 0 Å². The molecule has 1 amide bonds. The number of carbonyl (C=O) groups is 2. The Labute approximate surface area is 215 Å². The van der Waals surface area contributed by atoms with Crippen LogP contribution >= 0.6 is 0 Å². The van der Waals surface area contributed by atoms with Gasteiger partial charge in [0.05, 0.1) is 6.61 Å². The van der Waals surface area contributed by atoms with Crippen LogP contribution in [-0.4, -0.2) is 67.3 Å². The van der Waals surface area contributed by atoms with Crippen LogP contribution in [0.5, 0.6) is 0 Å². The molecule has 3 saturated heterocycles. The molecule has 5 atom stereocenters. The monoisotopic (exact) mass is 511 g/mol. The summed E-state index contributed by atoms with van der Waals surface area (Å²) in [6, 6.07) is 0. The second-order valence-electron chi connectivity index (χ2n) is 11.0. The van der Waals surface area contributed by atoms with E-state index in [1.807, 2.05) is 27.7 Å². The summed E-state index contributed by atoms with van der Waals surface area (Å²) in [4.78, 5) is 24.1. The lowest BCUT2D eigenvalue weighted by molar-refractivity contribution is -0.235. The molecular weight excluding hydrogens is 466 g/mol. The Kier molecular flexibility index (Phi) is 10.3. The maximum absolute atomic E-state index is 12.7. The van der Waals surface area contributed by atoms with Gasteiger partial charge in [0, 0.05) is 18.5 Å². The fraction of sp³-hybridized carbons (Fsp3) is 0.852. The Morgan fingerprint density at radius 1 is 0.889 bits per heavy atom. The predicted molar refractivity (Wildman–Crippen MR) is 133 cm³/mol. The van der Waals surface area contributed by atoms with Gasteiger partial charge in [0.15, 0.2) is 30.1 Å². The molecule has 0 aromatic heterocycles. The molecule has 9 nitrogen and oxygen atoms in total. The molecule has 3 heterocycles. The van der Waals surface area contributed by atoms with E-state index in [1.54, 1.807) is 6.92 Å². The molecule has 0 spiro atoms. The molecule has 0 aliphatic carbocycles. The van der Waals surface area contributed by atoms with Crippen LogP contribution in [0.3, 0.4) is 0 Å². The highest BCUT2D eigenvalue weighted by molar-refractivity contribution is 5.91. The van der Waals surface area contributed by atoms with Crippen molar-refractivity contribution in [2.45, 2.75) is 135 Å². The van der Waals surface area contributed by atoms with Crippen molar-refractivity contribution in [3.8, 4) is 0 Å². The Morgan fingerprint density at radius 2 is 1.53 bits per heavy atom. The van der Waals surface area contributed by atoms with Crippen molar-refractivity contribution in [3.63, 3.8) is 0 Å². The summed E-state index contributed by atoms with van der Waals surface area (Å²) in [5.74, 6) is -1.82. The molecule has 0 aromatic rings. The van der Waals surface area contributed by atoms with E-state index in [1.165, 1.54) is 0 Å². The van der Waals surface area contributed by atoms with Gasteiger partial charge in [-0.25, -0.2) is 0 Å². The van der Waals surface area contributed by atoms with Crippen molar-refractivity contribution >= 4 is 11.9 Å². The number of rotatable bonds is 14. The van der Waals surface area contributed by atoms with Crippen LogP contribution in [0.1, 0.15) is 92.4 Å². The lowest BCUT2D eigenvalue weighted by Gasteiger charge is -2.28. The Balaban J connectivity index is 1.31. The van der Waals surface area contributed by atoms with Gasteiger partial charge < -0.3 is 33.7 Å². The normalized spacial score (nSPS) is 30.2. The summed E-state index contributed by atoms with van der Waals surface area (Å²) in [5.41, 5.74) is 0.547. The fourth-order valence-corrected chi connectivity index (χ4v) is 4.83. The predicted octanol–water partition coefficient (Wildman–Crippen LogP) is 4.13. The summed E-state index contributed by atoms with van der Waals surface area (Å²) < 4.78 is 35.5. The third-order valence-corrected chi connectivity index (χ3v) is 6.67. The first-order valence-electron chi connectivity index (χ1n) is 13.4. The molecule has 36 heavy (non-hydrogen) atoms. The summed E-state index contributed by atoms with van der Waals surface area (Å²) in [7, 11) is 0. The molecule has 0 radical (unpaired) electrons. The molecule has 0 bridgehead atoms. The van der Waals surface area contributed by atoms with E-state index in [4.69, 9.17) is 28.4 Å². The van der Waals surface area contributed by atoms with Crippen LogP contribution < -0.4 is 5.32 Å². The number of esters is 1. The van der Waals surface area contributed by atoms with E-state index < -0.39 is 36.2 Å². The summed E-state index contributed by atoms with van der Waals surface area (Å²) >= 11 is 0. The molecule has 3 rings (SSSR count). The molecule has 0 saturated carbocycles. The van der Waals surface area contributed by atoms with Crippen molar-refractivity contribution in [2.24, 2.45) is 0 Å². The molecule has 3 fully saturated rings. The third-order valence-electron chi connectivity index (χ3n) is 6.67. The van der Waals surface area contributed by atoms with Crippen LogP contribution in [-0.2, 0) is 38.0 Å². The average Bonchev–Trinajstić information content (AvgIpc) is 3.41. The Morgan fingerprint density at radius 3 is 2.14 bits per heavy atom. The number of nitrogens with one attached hydrogen (secondary N) is 1. The number of fused-ring (bicyclic) bond motifs is 1. The number of unbranched alkanes of at least 4 members (excludes halogenated alkanes) is 7. The number of hydrogen-bond donors (Lipinski definition) is 1. The molecular formula is C27H45NO8. The highest BCUT2D eigenvalue weighted by atomic mass is 16.8. The second kappa shape index (κ2) is 12.8. The van der Waals surface area contributed by atoms with Gasteiger partial charge in [0.2, 0.25) is 5.91 Å². The highest BCUT2D eigenvalue weighted by Crippen LogP contribution is 2.42. The van der Waals surface area contributed by atoms with Crippen LogP contribution in [0.15, 0.2) is 12.2 Å². The van der Waals surface area contributed by atoms with Crippen molar-refractivity contribution in [3.05, 3.63) is 12.2 Å². The Hall–Kier alpha value is -1.52. The van der Waals surface area contributed by atoms with Gasteiger partial charge in [-0.2, -0.15) is 0 Å². The van der Waals surface area contributed by atoms with E-state index in [2.05, 4.69) is 11.9 Å². The zero-order chi connectivity index (χ0) is 26.3. The molecule has 0 aromatic carbocycles. The Bertz CT molecular complexity index is 767. The van der Waals surface area contributed by atoms with Crippen molar-refractivity contribution in [1.29, 1.82) is 0 Å². The third kappa shape index (κ3) is 8.52. The average molecular weight is 512 g/mol. The smallest absolute Gasteiger partial charge is 0.306 e. The number of carbonyl (C=O) groups excluding carboxylic acids is 2. The minimum absolute atomic E-state index is 0.0675. The molecule has 3 aliphatic rings. The summed E-state index contributed by atoms with van der Waals surface area (Å²) in [5, 5.41) is 2.86. The van der Waals surface area contributed by atoms with Crippen LogP contribution in [0.4, 0.5) is 0 Å². The first kappa shape index (κ1) is 29.0. The van der Waals surface area contributed by atoms with Crippen LogP contribution in [0.2, 0.25) is 0 Å².